The zero-order valence-corrected chi connectivity index (χ0v) is 11.6. The maximum atomic E-state index is 11.8. The number of carbonyl (C=O) groups excluding carboxylic acids is 1. The van der Waals surface area contributed by atoms with Gasteiger partial charge >= 0.3 is 6.03 Å². The molecule has 110 valence electrons. The van der Waals surface area contributed by atoms with Crippen molar-refractivity contribution in [2.75, 3.05) is 6.79 Å². The normalized spacial score (nSPS) is 13.8. The molecule has 2 aromatic rings. The van der Waals surface area contributed by atoms with Gasteiger partial charge in [0.2, 0.25) is 6.79 Å². The Hall–Kier alpha value is -2.63. The van der Waals surface area contributed by atoms with Crippen LogP contribution in [0.2, 0.25) is 0 Å². The molecule has 2 heterocycles. The summed E-state index contributed by atoms with van der Waals surface area (Å²) in [6, 6.07) is 8.82. The summed E-state index contributed by atoms with van der Waals surface area (Å²) in [4.78, 5) is 11.8. The first-order valence-corrected chi connectivity index (χ1v) is 6.68. The van der Waals surface area contributed by atoms with Crippen molar-refractivity contribution in [2.24, 2.45) is 0 Å². The van der Waals surface area contributed by atoms with Gasteiger partial charge in [0.05, 0.1) is 18.8 Å². The van der Waals surface area contributed by atoms with Crippen LogP contribution in [0.15, 0.2) is 41.0 Å². The smallest absolute Gasteiger partial charge is 0.315 e. The molecule has 1 atom stereocenters. The molecular formula is C15H16N2O4. The highest BCUT2D eigenvalue weighted by molar-refractivity contribution is 5.74. The van der Waals surface area contributed by atoms with E-state index in [0.717, 1.165) is 11.3 Å². The molecule has 0 saturated carbocycles. The predicted molar refractivity (Wildman–Crippen MR) is 75.1 cm³/mol. The maximum Gasteiger partial charge on any atom is 0.315 e. The molecule has 0 spiro atoms. The van der Waals surface area contributed by atoms with E-state index in [1.807, 2.05) is 31.2 Å². The number of nitrogens with one attached hydrogen (secondary N) is 2. The van der Waals surface area contributed by atoms with Crippen molar-refractivity contribution in [3.63, 3.8) is 0 Å². The SMILES string of the molecule is CC(NC(=O)NCc1ccco1)c1ccc2c(c1)OCO2. The lowest BCUT2D eigenvalue weighted by molar-refractivity contribution is 0.174. The molecule has 6 heteroatoms. The van der Waals surface area contributed by atoms with E-state index in [1.54, 1.807) is 12.3 Å². The Morgan fingerprint density at radius 3 is 2.95 bits per heavy atom. The Labute approximate surface area is 122 Å². The Balaban J connectivity index is 1.55. The summed E-state index contributed by atoms with van der Waals surface area (Å²) in [5.74, 6) is 2.14. The number of fused-ring (bicyclic) bond motifs is 1. The van der Waals surface area contributed by atoms with Gasteiger partial charge in [-0.05, 0) is 36.8 Å². The van der Waals surface area contributed by atoms with E-state index in [1.165, 1.54) is 0 Å². The van der Waals surface area contributed by atoms with Gasteiger partial charge in [-0.3, -0.25) is 0 Å². The van der Waals surface area contributed by atoms with Crippen molar-refractivity contribution in [3.8, 4) is 11.5 Å². The largest absolute Gasteiger partial charge is 0.467 e. The molecular weight excluding hydrogens is 272 g/mol. The molecule has 1 aliphatic rings. The van der Waals surface area contributed by atoms with Gasteiger partial charge in [0.1, 0.15) is 5.76 Å². The van der Waals surface area contributed by atoms with E-state index in [2.05, 4.69) is 10.6 Å². The second kappa shape index (κ2) is 5.78. The fourth-order valence-electron chi connectivity index (χ4n) is 2.09. The first kappa shape index (κ1) is 13.4. The first-order valence-electron chi connectivity index (χ1n) is 6.68. The second-order valence-corrected chi connectivity index (χ2v) is 4.74. The highest BCUT2D eigenvalue weighted by Crippen LogP contribution is 2.34. The van der Waals surface area contributed by atoms with Crippen LogP contribution in [-0.2, 0) is 6.54 Å². The third kappa shape index (κ3) is 3.10. The summed E-state index contributed by atoms with van der Waals surface area (Å²) in [6.07, 6.45) is 1.57. The number of amides is 2. The van der Waals surface area contributed by atoms with E-state index >= 15 is 0 Å². The van der Waals surface area contributed by atoms with Crippen LogP contribution in [0.1, 0.15) is 24.3 Å². The van der Waals surface area contributed by atoms with Gasteiger partial charge in [0.15, 0.2) is 11.5 Å². The van der Waals surface area contributed by atoms with E-state index < -0.39 is 0 Å². The molecule has 2 N–H and O–H groups in total. The van der Waals surface area contributed by atoms with Crippen LogP contribution >= 0.6 is 0 Å². The van der Waals surface area contributed by atoms with Crippen LogP contribution in [0.4, 0.5) is 4.79 Å². The average molecular weight is 288 g/mol. The molecule has 3 rings (SSSR count). The summed E-state index contributed by atoms with van der Waals surface area (Å²) in [6.45, 7) is 2.50. The van der Waals surface area contributed by atoms with Gasteiger partial charge in [0.25, 0.3) is 0 Å². The zero-order chi connectivity index (χ0) is 14.7. The molecule has 21 heavy (non-hydrogen) atoms. The van der Waals surface area contributed by atoms with Gasteiger partial charge in [-0.15, -0.1) is 0 Å². The molecule has 6 nitrogen and oxygen atoms in total. The molecule has 1 unspecified atom stereocenters. The van der Waals surface area contributed by atoms with E-state index in [0.29, 0.717) is 18.1 Å². The highest BCUT2D eigenvalue weighted by atomic mass is 16.7. The van der Waals surface area contributed by atoms with Gasteiger partial charge in [-0.2, -0.15) is 0 Å². The van der Waals surface area contributed by atoms with Crippen LogP contribution < -0.4 is 20.1 Å². The summed E-state index contributed by atoms with van der Waals surface area (Å²) >= 11 is 0. The monoisotopic (exact) mass is 288 g/mol. The fraction of sp³-hybridized carbons (Fsp3) is 0.267. The Morgan fingerprint density at radius 2 is 2.14 bits per heavy atom. The lowest BCUT2D eigenvalue weighted by Crippen LogP contribution is -2.36. The van der Waals surface area contributed by atoms with E-state index in [4.69, 9.17) is 13.9 Å². The van der Waals surface area contributed by atoms with E-state index in [-0.39, 0.29) is 18.9 Å². The molecule has 0 saturated heterocycles. The Morgan fingerprint density at radius 1 is 1.29 bits per heavy atom. The topological polar surface area (TPSA) is 72.7 Å². The lowest BCUT2D eigenvalue weighted by atomic mass is 10.1. The minimum Gasteiger partial charge on any atom is -0.467 e. The molecule has 1 aromatic carbocycles. The van der Waals surface area contributed by atoms with E-state index in [9.17, 15) is 4.79 Å². The van der Waals surface area contributed by atoms with Gasteiger partial charge < -0.3 is 24.5 Å². The number of benzene rings is 1. The quantitative estimate of drug-likeness (QED) is 0.907. The molecule has 1 aromatic heterocycles. The van der Waals surface area contributed by atoms with Crippen LogP contribution in [0.5, 0.6) is 11.5 Å². The van der Waals surface area contributed by atoms with Crippen LogP contribution in [0.3, 0.4) is 0 Å². The van der Waals surface area contributed by atoms with Crippen molar-refractivity contribution in [1.82, 2.24) is 10.6 Å². The van der Waals surface area contributed by atoms with Gasteiger partial charge in [-0.25, -0.2) is 4.79 Å². The lowest BCUT2D eigenvalue weighted by Gasteiger charge is -2.15. The minimum atomic E-state index is -0.253. The van der Waals surface area contributed by atoms with Crippen molar-refractivity contribution in [1.29, 1.82) is 0 Å². The molecule has 0 radical (unpaired) electrons. The third-order valence-electron chi connectivity index (χ3n) is 3.25. The first-order chi connectivity index (χ1) is 10.2. The zero-order valence-electron chi connectivity index (χ0n) is 11.6. The summed E-state index contributed by atoms with van der Waals surface area (Å²) < 4.78 is 15.7. The van der Waals surface area contributed by atoms with Crippen LogP contribution in [0, 0.1) is 0 Å². The molecule has 2 amide bonds. The van der Waals surface area contributed by atoms with Crippen molar-refractivity contribution < 1.29 is 18.7 Å². The molecule has 0 bridgehead atoms. The van der Waals surface area contributed by atoms with Crippen molar-refractivity contribution >= 4 is 6.03 Å². The molecule has 0 aliphatic carbocycles. The van der Waals surface area contributed by atoms with Crippen LogP contribution in [0.25, 0.3) is 0 Å². The number of hydrogen-bond acceptors (Lipinski definition) is 4. The predicted octanol–water partition coefficient (Wildman–Crippen LogP) is 2.57. The number of ether oxygens (including phenoxy) is 2. The average Bonchev–Trinajstić information content (AvgIpc) is 3.15. The number of furan rings is 1. The number of rotatable bonds is 4. The standard InChI is InChI=1S/C15H16N2O4/c1-10(11-4-5-13-14(7-11)21-9-20-13)17-15(18)16-8-12-3-2-6-19-12/h2-7,10H,8-9H2,1H3,(H2,16,17,18). The minimum absolute atomic E-state index is 0.142. The Kier molecular flexibility index (Phi) is 3.68. The number of carbonyl (C=O) groups is 1. The van der Waals surface area contributed by atoms with Gasteiger partial charge in [-0.1, -0.05) is 6.07 Å². The van der Waals surface area contributed by atoms with Crippen LogP contribution in [-0.4, -0.2) is 12.8 Å². The fourth-order valence-corrected chi connectivity index (χ4v) is 2.09. The summed E-state index contributed by atoms with van der Waals surface area (Å²) in [5, 5.41) is 5.60. The number of urea groups is 1. The summed E-state index contributed by atoms with van der Waals surface area (Å²) in [5.41, 5.74) is 0.951. The maximum absolute atomic E-state index is 11.8. The third-order valence-corrected chi connectivity index (χ3v) is 3.25. The number of hydrogen-bond donors (Lipinski definition) is 2. The molecule has 0 fully saturated rings. The second-order valence-electron chi connectivity index (χ2n) is 4.74. The summed E-state index contributed by atoms with van der Waals surface area (Å²) in [7, 11) is 0. The van der Waals surface area contributed by atoms with Crippen molar-refractivity contribution in [2.45, 2.75) is 19.5 Å². The molecule has 1 aliphatic heterocycles. The Bertz CT molecular complexity index is 625. The van der Waals surface area contributed by atoms with Gasteiger partial charge in [0, 0.05) is 0 Å². The highest BCUT2D eigenvalue weighted by Gasteiger charge is 2.16. The van der Waals surface area contributed by atoms with Crippen molar-refractivity contribution in [3.05, 3.63) is 47.9 Å².